The Morgan fingerprint density at radius 3 is 2.91 bits per heavy atom. The summed E-state index contributed by atoms with van der Waals surface area (Å²) in [5, 5.41) is 2.92. The second-order valence-corrected chi connectivity index (χ2v) is 6.31. The van der Waals surface area contributed by atoms with Crippen LogP contribution in [-0.2, 0) is 6.42 Å². The Bertz CT molecular complexity index is 745. The number of nitrogens with one attached hydrogen (secondary N) is 1. The van der Waals surface area contributed by atoms with Crippen molar-refractivity contribution in [3.05, 3.63) is 52.0 Å². The molecule has 0 bridgehead atoms. The van der Waals surface area contributed by atoms with Crippen molar-refractivity contribution in [1.29, 1.82) is 0 Å². The second kappa shape index (κ2) is 6.62. The average Bonchev–Trinajstić information content (AvgIpc) is 2.87. The minimum Gasteiger partial charge on any atom is -0.492 e. The molecule has 23 heavy (non-hydrogen) atoms. The van der Waals surface area contributed by atoms with Gasteiger partial charge < -0.3 is 14.8 Å². The molecule has 0 saturated heterocycles. The van der Waals surface area contributed by atoms with E-state index in [0.29, 0.717) is 23.6 Å². The highest BCUT2D eigenvalue weighted by Gasteiger charge is 2.23. The molecular formula is C18H18BrNO3. The summed E-state index contributed by atoms with van der Waals surface area (Å²) in [6.45, 7) is 4.48. The van der Waals surface area contributed by atoms with E-state index in [4.69, 9.17) is 9.47 Å². The Labute approximate surface area is 143 Å². The average molecular weight is 376 g/mol. The number of amides is 1. The van der Waals surface area contributed by atoms with Crippen LogP contribution in [-0.4, -0.2) is 18.6 Å². The van der Waals surface area contributed by atoms with Gasteiger partial charge in [-0.1, -0.05) is 12.1 Å². The van der Waals surface area contributed by atoms with Crippen LogP contribution in [0.25, 0.3) is 0 Å². The molecule has 1 atom stereocenters. The van der Waals surface area contributed by atoms with Gasteiger partial charge in [0.2, 0.25) is 0 Å². The van der Waals surface area contributed by atoms with Crippen molar-refractivity contribution in [2.45, 2.75) is 26.4 Å². The molecule has 0 aliphatic carbocycles. The first-order chi connectivity index (χ1) is 11.1. The van der Waals surface area contributed by atoms with Gasteiger partial charge in [-0.3, -0.25) is 4.79 Å². The number of carbonyl (C=O) groups excluding carboxylic acids is 1. The lowest BCUT2D eigenvalue weighted by atomic mass is 10.1. The van der Waals surface area contributed by atoms with Crippen molar-refractivity contribution in [2.75, 3.05) is 11.9 Å². The fourth-order valence-electron chi connectivity index (χ4n) is 2.65. The zero-order valence-corrected chi connectivity index (χ0v) is 14.6. The number of rotatable bonds is 4. The molecule has 1 amide bonds. The van der Waals surface area contributed by atoms with Crippen LogP contribution in [0, 0.1) is 0 Å². The van der Waals surface area contributed by atoms with E-state index in [9.17, 15) is 4.79 Å². The second-order valence-electron chi connectivity index (χ2n) is 5.46. The van der Waals surface area contributed by atoms with E-state index in [0.717, 1.165) is 22.2 Å². The van der Waals surface area contributed by atoms with E-state index < -0.39 is 0 Å². The first-order valence-corrected chi connectivity index (χ1v) is 8.40. The standard InChI is InChI=1S/C18H18BrNO3/c1-3-22-17-9-12-8-11(2)23-16(12)10-15(17)20-18(21)13-6-4-5-7-14(13)19/h4-7,9-11H,3,8H2,1-2H3,(H,20,21). The number of carbonyl (C=O) groups is 1. The predicted octanol–water partition coefficient (Wildman–Crippen LogP) is 4.42. The van der Waals surface area contributed by atoms with E-state index in [1.165, 1.54) is 0 Å². The molecule has 5 heteroatoms. The number of fused-ring (bicyclic) bond motifs is 1. The summed E-state index contributed by atoms with van der Waals surface area (Å²) in [6.07, 6.45) is 1.00. The van der Waals surface area contributed by atoms with E-state index in [2.05, 4.69) is 21.2 Å². The molecule has 120 valence electrons. The molecule has 0 spiro atoms. The number of anilines is 1. The Kier molecular flexibility index (Phi) is 4.57. The van der Waals surface area contributed by atoms with Crippen LogP contribution in [0.15, 0.2) is 40.9 Å². The third-order valence-electron chi connectivity index (χ3n) is 3.66. The summed E-state index contributed by atoms with van der Waals surface area (Å²) < 4.78 is 12.2. The van der Waals surface area contributed by atoms with Crippen LogP contribution < -0.4 is 14.8 Å². The van der Waals surface area contributed by atoms with Crippen molar-refractivity contribution in [1.82, 2.24) is 0 Å². The molecule has 0 saturated carbocycles. The Morgan fingerprint density at radius 1 is 1.39 bits per heavy atom. The van der Waals surface area contributed by atoms with Gasteiger partial charge in [0.05, 0.1) is 17.9 Å². The highest BCUT2D eigenvalue weighted by Crippen LogP contribution is 2.38. The predicted molar refractivity (Wildman–Crippen MR) is 93.5 cm³/mol. The minimum absolute atomic E-state index is 0.147. The molecule has 0 radical (unpaired) electrons. The lowest BCUT2D eigenvalue weighted by molar-refractivity contribution is 0.102. The van der Waals surface area contributed by atoms with Gasteiger partial charge in [0.15, 0.2) is 0 Å². The first-order valence-electron chi connectivity index (χ1n) is 7.60. The van der Waals surface area contributed by atoms with Gasteiger partial charge in [-0.25, -0.2) is 0 Å². The largest absolute Gasteiger partial charge is 0.492 e. The van der Waals surface area contributed by atoms with Crippen LogP contribution in [0.5, 0.6) is 11.5 Å². The fourth-order valence-corrected chi connectivity index (χ4v) is 3.11. The van der Waals surface area contributed by atoms with Gasteiger partial charge in [-0.2, -0.15) is 0 Å². The van der Waals surface area contributed by atoms with E-state index in [1.54, 1.807) is 6.07 Å². The summed E-state index contributed by atoms with van der Waals surface area (Å²) in [5.74, 6) is 1.29. The molecule has 0 aromatic heterocycles. The topological polar surface area (TPSA) is 47.6 Å². The zero-order chi connectivity index (χ0) is 16.4. The Morgan fingerprint density at radius 2 is 2.17 bits per heavy atom. The summed E-state index contributed by atoms with van der Waals surface area (Å²) in [7, 11) is 0. The fraction of sp³-hybridized carbons (Fsp3) is 0.278. The van der Waals surface area contributed by atoms with Crippen molar-refractivity contribution in [2.24, 2.45) is 0 Å². The van der Waals surface area contributed by atoms with Gasteiger partial charge in [-0.15, -0.1) is 0 Å². The summed E-state index contributed by atoms with van der Waals surface area (Å²) in [4.78, 5) is 12.5. The normalized spacial score (nSPS) is 15.7. The summed E-state index contributed by atoms with van der Waals surface area (Å²) in [5.41, 5.74) is 2.31. The van der Waals surface area contributed by atoms with Crippen LogP contribution in [0.3, 0.4) is 0 Å². The monoisotopic (exact) mass is 375 g/mol. The molecule has 3 rings (SSSR count). The SMILES string of the molecule is CCOc1cc2c(cc1NC(=O)c1ccccc1Br)OC(C)C2. The third kappa shape index (κ3) is 3.34. The van der Waals surface area contributed by atoms with E-state index >= 15 is 0 Å². The smallest absolute Gasteiger partial charge is 0.256 e. The van der Waals surface area contributed by atoms with Crippen LogP contribution >= 0.6 is 15.9 Å². The molecule has 1 aliphatic rings. The van der Waals surface area contributed by atoms with E-state index in [-0.39, 0.29) is 12.0 Å². The van der Waals surface area contributed by atoms with Gasteiger partial charge >= 0.3 is 0 Å². The lowest BCUT2D eigenvalue weighted by Gasteiger charge is -2.14. The summed E-state index contributed by atoms with van der Waals surface area (Å²) >= 11 is 3.40. The molecule has 4 nitrogen and oxygen atoms in total. The molecule has 1 N–H and O–H groups in total. The van der Waals surface area contributed by atoms with Crippen molar-refractivity contribution in [3.8, 4) is 11.5 Å². The van der Waals surface area contributed by atoms with Crippen LogP contribution in [0.4, 0.5) is 5.69 Å². The van der Waals surface area contributed by atoms with E-state index in [1.807, 2.05) is 44.2 Å². The number of benzene rings is 2. The maximum Gasteiger partial charge on any atom is 0.256 e. The van der Waals surface area contributed by atoms with Crippen molar-refractivity contribution < 1.29 is 14.3 Å². The number of ether oxygens (including phenoxy) is 2. The number of halogens is 1. The quantitative estimate of drug-likeness (QED) is 0.859. The molecular weight excluding hydrogens is 358 g/mol. The Balaban J connectivity index is 1.91. The molecule has 1 unspecified atom stereocenters. The van der Waals surface area contributed by atoms with Gasteiger partial charge in [-0.05, 0) is 48.0 Å². The Hall–Kier alpha value is -2.01. The first kappa shape index (κ1) is 15.9. The van der Waals surface area contributed by atoms with Gasteiger partial charge in [0, 0.05) is 22.5 Å². The maximum atomic E-state index is 12.5. The van der Waals surface area contributed by atoms with Crippen LogP contribution in [0.2, 0.25) is 0 Å². The molecule has 2 aromatic rings. The number of hydrogen-bond donors (Lipinski definition) is 1. The molecule has 1 heterocycles. The van der Waals surface area contributed by atoms with Gasteiger partial charge in [0.1, 0.15) is 17.6 Å². The zero-order valence-electron chi connectivity index (χ0n) is 13.1. The highest BCUT2D eigenvalue weighted by atomic mass is 79.9. The molecule has 1 aliphatic heterocycles. The van der Waals surface area contributed by atoms with Crippen LogP contribution in [0.1, 0.15) is 29.8 Å². The highest BCUT2D eigenvalue weighted by molar-refractivity contribution is 9.10. The van der Waals surface area contributed by atoms with Crippen molar-refractivity contribution in [3.63, 3.8) is 0 Å². The molecule has 0 fully saturated rings. The van der Waals surface area contributed by atoms with Gasteiger partial charge in [0.25, 0.3) is 5.91 Å². The number of hydrogen-bond acceptors (Lipinski definition) is 3. The summed E-state index contributed by atoms with van der Waals surface area (Å²) in [6, 6.07) is 11.1. The van der Waals surface area contributed by atoms with Crippen molar-refractivity contribution >= 4 is 27.5 Å². The maximum absolute atomic E-state index is 12.5. The minimum atomic E-state index is -0.190. The molecule has 2 aromatic carbocycles. The third-order valence-corrected chi connectivity index (χ3v) is 4.36. The lowest BCUT2D eigenvalue weighted by Crippen LogP contribution is -2.13.